The summed E-state index contributed by atoms with van der Waals surface area (Å²) in [4.78, 5) is 12.0. The maximum Gasteiger partial charge on any atom is 0.339 e. The highest BCUT2D eigenvalue weighted by Gasteiger charge is 2.32. The van der Waals surface area contributed by atoms with Crippen LogP contribution in [0.5, 0.6) is 0 Å². The van der Waals surface area contributed by atoms with E-state index in [2.05, 4.69) is 13.2 Å². The molecule has 0 amide bonds. The van der Waals surface area contributed by atoms with E-state index < -0.39 is 5.60 Å². The third-order valence-electron chi connectivity index (χ3n) is 3.50. The fourth-order valence-electron chi connectivity index (χ4n) is 2.68. The molecule has 0 unspecified atom stereocenters. The summed E-state index contributed by atoms with van der Waals surface area (Å²) in [5, 5.41) is 0. The van der Waals surface area contributed by atoms with E-state index in [4.69, 9.17) is 4.74 Å². The molecule has 1 saturated heterocycles. The maximum absolute atomic E-state index is 12.0. The van der Waals surface area contributed by atoms with E-state index in [0.29, 0.717) is 12.1 Å². The number of carbonyl (C=O) groups is 1. The molecule has 0 bridgehead atoms. The first kappa shape index (κ1) is 16.0. The Bertz CT molecular complexity index is 346. The zero-order valence-corrected chi connectivity index (χ0v) is 12.7. The summed E-state index contributed by atoms with van der Waals surface area (Å²) < 4.78 is 6.29. The van der Waals surface area contributed by atoms with Crippen LogP contribution in [0, 0.1) is 0 Å². The summed E-state index contributed by atoms with van der Waals surface area (Å²) in [6.07, 6.45) is 5.68. The number of carbonyl (C=O) groups excluding carboxylic acids is 1. The molecule has 0 atom stereocenters. The number of esters is 1. The summed E-state index contributed by atoms with van der Waals surface area (Å²) in [6.45, 7) is 17.2. The smallest absolute Gasteiger partial charge is 0.339 e. The Hall–Kier alpha value is -1.09. The lowest BCUT2D eigenvalue weighted by atomic mass is 10.1. The molecule has 0 spiro atoms. The molecule has 0 N–H and O–H groups in total. The van der Waals surface area contributed by atoms with Gasteiger partial charge in [-0.25, -0.2) is 4.79 Å². The lowest BCUT2D eigenvalue weighted by Gasteiger charge is -2.41. The number of nitrogens with zero attached hydrogens (tertiary/aromatic N) is 1. The van der Waals surface area contributed by atoms with Gasteiger partial charge >= 0.3 is 5.97 Å². The standard InChI is InChI=1S/C16H28NO2/c1-6-10-17(11-8-7-9-12-17)13-14(2)15(18)19-16(3,4)5/h6H,1-2,7-13H2,3-5H3/q+1. The lowest BCUT2D eigenvalue weighted by molar-refractivity contribution is -0.922. The van der Waals surface area contributed by atoms with Crippen molar-refractivity contribution in [2.45, 2.75) is 45.6 Å². The van der Waals surface area contributed by atoms with Crippen LogP contribution in [0.15, 0.2) is 24.8 Å². The van der Waals surface area contributed by atoms with Crippen LogP contribution in [0.2, 0.25) is 0 Å². The van der Waals surface area contributed by atoms with Crippen molar-refractivity contribution in [3.8, 4) is 0 Å². The minimum atomic E-state index is -0.453. The normalized spacial score (nSPS) is 18.7. The van der Waals surface area contributed by atoms with Crippen LogP contribution >= 0.6 is 0 Å². The number of hydrogen-bond donors (Lipinski definition) is 0. The average molecular weight is 266 g/mol. The highest BCUT2D eigenvalue weighted by Crippen LogP contribution is 2.22. The van der Waals surface area contributed by atoms with Gasteiger partial charge in [0.2, 0.25) is 0 Å². The first-order valence-electron chi connectivity index (χ1n) is 7.15. The molecule has 0 aromatic heterocycles. The molecule has 1 aliphatic heterocycles. The second kappa shape index (κ2) is 6.38. The van der Waals surface area contributed by atoms with Crippen molar-refractivity contribution < 1.29 is 14.0 Å². The van der Waals surface area contributed by atoms with E-state index >= 15 is 0 Å². The minimum Gasteiger partial charge on any atom is -0.456 e. The summed E-state index contributed by atoms with van der Waals surface area (Å²) in [5.74, 6) is -0.264. The molecular weight excluding hydrogens is 238 g/mol. The number of hydrogen-bond acceptors (Lipinski definition) is 2. The molecule has 1 aliphatic rings. The number of piperidine rings is 1. The Morgan fingerprint density at radius 2 is 1.84 bits per heavy atom. The van der Waals surface area contributed by atoms with Gasteiger partial charge in [-0.2, -0.15) is 0 Å². The number of rotatable bonds is 5. The molecular formula is C16H28NO2+. The van der Waals surface area contributed by atoms with Crippen molar-refractivity contribution in [2.24, 2.45) is 0 Å². The fourth-order valence-corrected chi connectivity index (χ4v) is 2.68. The molecule has 0 aromatic carbocycles. The molecule has 0 aliphatic carbocycles. The molecule has 19 heavy (non-hydrogen) atoms. The topological polar surface area (TPSA) is 26.3 Å². The quantitative estimate of drug-likeness (QED) is 0.331. The molecule has 1 heterocycles. The van der Waals surface area contributed by atoms with Gasteiger partial charge in [0.1, 0.15) is 12.1 Å². The van der Waals surface area contributed by atoms with Crippen LogP contribution in [-0.4, -0.2) is 42.2 Å². The second-order valence-corrected chi connectivity index (χ2v) is 6.58. The Morgan fingerprint density at radius 1 is 1.26 bits per heavy atom. The van der Waals surface area contributed by atoms with Crippen LogP contribution in [0.25, 0.3) is 0 Å². The SMILES string of the molecule is C=CC[N+]1(CC(=C)C(=O)OC(C)(C)C)CCCCC1. The Kier molecular flexibility index (Phi) is 5.36. The first-order valence-corrected chi connectivity index (χ1v) is 7.15. The van der Waals surface area contributed by atoms with Crippen molar-refractivity contribution in [3.63, 3.8) is 0 Å². The van der Waals surface area contributed by atoms with Gasteiger partial charge in [0.05, 0.1) is 25.2 Å². The van der Waals surface area contributed by atoms with Gasteiger partial charge in [-0.15, -0.1) is 0 Å². The van der Waals surface area contributed by atoms with Gasteiger partial charge in [0.15, 0.2) is 0 Å². The highest BCUT2D eigenvalue weighted by atomic mass is 16.6. The van der Waals surface area contributed by atoms with Crippen LogP contribution in [-0.2, 0) is 9.53 Å². The Morgan fingerprint density at radius 3 is 2.32 bits per heavy atom. The number of likely N-dealkylation sites (tertiary alicyclic amines) is 1. The van der Waals surface area contributed by atoms with Gasteiger partial charge in [-0.05, 0) is 46.1 Å². The highest BCUT2D eigenvalue weighted by molar-refractivity contribution is 5.88. The zero-order valence-electron chi connectivity index (χ0n) is 12.7. The van der Waals surface area contributed by atoms with Crippen LogP contribution in [0.4, 0.5) is 0 Å². The van der Waals surface area contributed by atoms with Crippen molar-refractivity contribution >= 4 is 5.97 Å². The van der Waals surface area contributed by atoms with Crippen molar-refractivity contribution in [3.05, 3.63) is 24.8 Å². The molecule has 0 saturated carbocycles. The van der Waals surface area contributed by atoms with Gasteiger partial charge < -0.3 is 9.22 Å². The summed E-state index contributed by atoms with van der Waals surface area (Å²) >= 11 is 0. The number of ether oxygens (including phenoxy) is 1. The van der Waals surface area contributed by atoms with Gasteiger partial charge in [0.25, 0.3) is 0 Å². The third-order valence-corrected chi connectivity index (χ3v) is 3.50. The average Bonchev–Trinajstić information content (AvgIpc) is 2.28. The first-order chi connectivity index (χ1) is 8.78. The van der Waals surface area contributed by atoms with E-state index in [1.54, 1.807) is 0 Å². The predicted octanol–water partition coefficient (Wildman–Crippen LogP) is 3.07. The van der Waals surface area contributed by atoms with Gasteiger partial charge in [0, 0.05) is 0 Å². The largest absolute Gasteiger partial charge is 0.456 e. The van der Waals surface area contributed by atoms with Crippen LogP contribution in [0.1, 0.15) is 40.0 Å². The van der Waals surface area contributed by atoms with Crippen LogP contribution in [0.3, 0.4) is 0 Å². The summed E-state index contributed by atoms with van der Waals surface area (Å²) in [7, 11) is 0. The van der Waals surface area contributed by atoms with E-state index in [1.807, 2.05) is 26.8 Å². The molecule has 1 rings (SSSR count). The third kappa shape index (κ3) is 5.19. The van der Waals surface area contributed by atoms with E-state index in [1.165, 1.54) is 19.3 Å². The van der Waals surface area contributed by atoms with Gasteiger partial charge in [-0.1, -0.05) is 13.2 Å². The van der Waals surface area contributed by atoms with Crippen molar-refractivity contribution in [2.75, 3.05) is 26.2 Å². The van der Waals surface area contributed by atoms with Gasteiger partial charge in [-0.3, -0.25) is 0 Å². The monoisotopic (exact) mass is 266 g/mol. The number of quaternary nitrogens is 1. The predicted molar refractivity (Wildman–Crippen MR) is 78.8 cm³/mol. The van der Waals surface area contributed by atoms with Crippen molar-refractivity contribution in [1.82, 2.24) is 0 Å². The summed E-state index contributed by atoms with van der Waals surface area (Å²) in [5.41, 5.74) is 0.129. The molecule has 108 valence electrons. The Balaban J connectivity index is 2.66. The van der Waals surface area contributed by atoms with Crippen LogP contribution < -0.4 is 0 Å². The van der Waals surface area contributed by atoms with Crippen molar-refractivity contribution in [1.29, 1.82) is 0 Å². The Labute approximate surface area is 117 Å². The molecule has 3 nitrogen and oxygen atoms in total. The molecule has 1 fully saturated rings. The van der Waals surface area contributed by atoms with E-state index in [9.17, 15) is 4.79 Å². The second-order valence-electron chi connectivity index (χ2n) is 6.58. The molecule has 0 radical (unpaired) electrons. The lowest BCUT2D eigenvalue weighted by Crippen LogP contribution is -2.53. The van der Waals surface area contributed by atoms with E-state index in [-0.39, 0.29) is 5.97 Å². The maximum atomic E-state index is 12.0. The molecule has 3 heteroatoms. The minimum absolute atomic E-state index is 0.264. The van der Waals surface area contributed by atoms with E-state index in [0.717, 1.165) is 24.1 Å². The zero-order chi connectivity index (χ0) is 14.5. The summed E-state index contributed by atoms with van der Waals surface area (Å²) in [6, 6.07) is 0. The fraction of sp³-hybridized carbons (Fsp3) is 0.688. The molecule has 0 aromatic rings.